The standard InChI is InChI=1S/C15H18O2/c1-2-3-4-10-17-13-8-9-14-12(11-13)6-5-7-15(14)16/h5-9,11,16H,2-4,10H2,1H3. The third kappa shape index (κ3) is 2.90. The van der Waals surface area contributed by atoms with Gasteiger partial charge in [0.2, 0.25) is 0 Å². The highest BCUT2D eigenvalue weighted by Gasteiger charge is 2.00. The van der Waals surface area contributed by atoms with Gasteiger partial charge in [0.1, 0.15) is 11.5 Å². The highest BCUT2D eigenvalue weighted by molar-refractivity contribution is 5.89. The van der Waals surface area contributed by atoms with E-state index >= 15 is 0 Å². The molecule has 2 aromatic rings. The Kier molecular flexibility index (Phi) is 3.86. The Morgan fingerprint density at radius 2 is 2.00 bits per heavy atom. The first-order valence-corrected chi connectivity index (χ1v) is 6.16. The van der Waals surface area contributed by atoms with E-state index in [4.69, 9.17) is 4.74 Å². The van der Waals surface area contributed by atoms with Crippen molar-refractivity contribution >= 4 is 10.8 Å². The second-order valence-corrected chi connectivity index (χ2v) is 4.22. The molecule has 0 fully saturated rings. The zero-order valence-corrected chi connectivity index (χ0v) is 10.1. The van der Waals surface area contributed by atoms with Crippen molar-refractivity contribution in [2.24, 2.45) is 0 Å². The summed E-state index contributed by atoms with van der Waals surface area (Å²) in [5.74, 6) is 1.19. The van der Waals surface area contributed by atoms with Crippen molar-refractivity contribution in [3.63, 3.8) is 0 Å². The molecule has 0 aliphatic rings. The van der Waals surface area contributed by atoms with Crippen LogP contribution in [-0.4, -0.2) is 11.7 Å². The lowest BCUT2D eigenvalue weighted by Crippen LogP contribution is -1.96. The molecule has 0 atom stereocenters. The predicted molar refractivity (Wildman–Crippen MR) is 70.6 cm³/mol. The molecule has 1 N–H and O–H groups in total. The average molecular weight is 230 g/mol. The van der Waals surface area contributed by atoms with Crippen LogP contribution in [-0.2, 0) is 0 Å². The molecule has 0 spiro atoms. The average Bonchev–Trinajstić information content (AvgIpc) is 2.35. The van der Waals surface area contributed by atoms with E-state index in [1.807, 2.05) is 30.3 Å². The second-order valence-electron chi connectivity index (χ2n) is 4.22. The summed E-state index contributed by atoms with van der Waals surface area (Å²) in [6.45, 7) is 2.94. The molecule has 0 saturated carbocycles. The number of phenolic OH excluding ortho intramolecular Hbond substituents is 1. The van der Waals surface area contributed by atoms with Crippen molar-refractivity contribution in [2.45, 2.75) is 26.2 Å². The van der Waals surface area contributed by atoms with Crippen LogP contribution in [0.3, 0.4) is 0 Å². The summed E-state index contributed by atoms with van der Waals surface area (Å²) >= 11 is 0. The first-order valence-electron chi connectivity index (χ1n) is 6.16. The molecule has 0 saturated heterocycles. The number of phenols is 1. The number of rotatable bonds is 5. The molecule has 0 bridgehead atoms. The molecule has 90 valence electrons. The lowest BCUT2D eigenvalue weighted by molar-refractivity contribution is 0.306. The molecule has 17 heavy (non-hydrogen) atoms. The van der Waals surface area contributed by atoms with Crippen LogP contribution in [0.15, 0.2) is 36.4 Å². The summed E-state index contributed by atoms with van der Waals surface area (Å²) in [5, 5.41) is 11.5. The number of benzene rings is 2. The molecular formula is C15H18O2. The van der Waals surface area contributed by atoms with Gasteiger partial charge in [-0.15, -0.1) is 0 Å². The fourth-order valence-corrected chi connectivity index (χ4v) is 1.88. The van der Waals surface area contributed by atoms with Crippen LogP contribution in [0.2, 0.25) is 0 Å². The molecule has 0 unspecified atom stereocenters. The van der Waals surface area contributed by atoms with Gasteiger partial charge in [-0.3, -0.25) is 0 Å². The fourth-order valence-electron chi connectivity index (χ4n) is 1.88. The SMILES string of the molecule is CCCCCOc1ccc2c(O)cccc2c1. The summed E-state index contributed by atoms with van der Waals surface area (Å²) in [5.41, 5.74) is 0. The number of hydrogen-bond acceptors (Lipinski definition) is 2. The molecule has 2 heteroatoms. The molecule has 0 heterocycles. The quantitative estimate of drug-likeness (QED) is 0.783. The van der Waals surface area contributed by atoms with Crippen molar-refractivity contribution in [3.05, 3.63) is 36.4 Å². The van der Waals surface area contributed by atoms with Gasteiger partial charge in [-0.1, -0.05) is 31.9 Å². The van der Waals surface area contributed by atoms with Crippen molar-refractivity contribution in [1.29, 1.82) is 0 Å². The Labute approximate surface area is 102 Å². The molecule has 0 amide bonds. The monoisotopic (exact) mass is 230 g/mol. The van der Waals surface area contributed by atoms with E-state index in [1.165, 1.54) is 12.8 Å². The molecule has 0 aromatic heterocycles. The summed E-state index contributed by atoms with van der Waals surface area (Å²) < 4.78 is 5.67. The maximum absolute atomic E-state index is 9.67. The molecule has 2 nitrogen and oxygen atoms in total. The fraction of sp³-hybridized carbons (Fsp3) is 0.333. The molecular weight excluding hydrogens is 212 g/mol. The van der Waals surface area contributed by atoms with Crippen molar-refractivity contribution in [3.8, 4) is 11.5 Å². The van der Waals surface area contributed by atoms with Gasteiger partial charge in [0.15, 0.2) is 0 Å². The summed E-state index contributed by atoms with van der Waals surface area (Å²) in [7, 11) is 0. The van der Waals surface area contributed by atoms with E-state index in [0.717, 1.165) is 29.5 Å². The third-order valence-electron chi connectivity index (χ3n) is 2.85. The third-order valence-corrected chi connectivity index (χ3v) is 2.85. The van der Waals surface area contributed by atoms with E-state index in [9.17, 15) is 5.11 Å². The minimum Gasteiger partial charge on any atom is -0.507 e. The molecule has 2 aromatic carbocycles. The second kappa shape index (κ2) is 5.58. The zero-order valence-electron chi connectivity index (χ0n) is 10.1. The van der Waals surface area contributed by atoms with Crippen LogP contribution in [0.4, 0.5) is 0 Å². The topological polar surface area (TPSA) is 29.5 Å². The Hall–Kier alpha value is -1.70. The summed E-state index contributed by atoms with van der Waals surface area (Å²) in [4.78, 5) is 0. The maximum atomic E-state index is 9.67. The van der Waals surface area contributed by atoms with Crippen LogP contribution >= 0.6 is 0 Å². The van der Waals surface area contributed by atoms with Crippen LogP contribution in [0.25, 0.3) is 10.8 Å². The predicted octanol–water partition coefficient (Wildman–Crippen LogP) is 4.11. The van der Waals surface area contributed by atoms with Gasteiger partial charge in [0.25, 0.3) is 0 Å². The molecule has 0 aliphatic heterocycles. The van der Waals surface area contributed by atoms with Gasteiger partial charge < -0.3 is 9.84 Å². The van der Waals surface area contributed by atoms with E-state index < -0.39 is 0 Å². The highest BCUT2D eigenvalue weighted by atomic mass is 16.5. The van der Waals surface area contributed by atoms with Gasteiger partial charge in [-0.2, -0.15) is 0 Å². The van der Waals surface area contributed by atoms with Crippen LogP contribution in [0, 0.1) is 0 Å². The largest absolute Gasteiger partial charge is 0.507 e. The maximum Gasteiger partial charge on any atom is 0.123 e. The van der Waals surface area contributed by atoms with Gasteiger partial charge in [-0.05, 0) is 36.1 Å². The number of aromatic hydroxyl groups is 1. The van der Waals surface area contributed by atoms with Crippen molar-refractivity contribution in [1.82, 2.24) is 0 Å². The van der Waals surface area contributed by atoms with Gasteiger partial charge in [-0.25, -0.2) is 0 Å². The number of fused-ring (bicyclic) bond motifs is 1. The Morgan fingerprint density at radius 1 is 1.12 bits per heavy atom. The van der Waals surface area contributed by atoms with E-state index in [0.29, 0.717) is 5.75 Å². The Morgan fingerprint density at radius 3 is 2.82 bits per heavy atom. The molecule has 0 aliphatic carbocycles. The Balaban J connectivity index is 2.10. The first kappa shape index (κ1) is 11.8. The summed E-state index contributed by atoms with van der Waals surface area (Å²) in [6.07, 6.45) is 3.50. The minimum absolute atomic E-state index is 0.319. The lowest BCUT2D eigenvalue weighted by Gasteiger charge is -2.07. The van der Waals surface area contributed by atoms with Crippen LogP contribution in [0.5, 0.6) is 11.5 Å². The van der Waals surface area contributed by atoms with Crippen molar-refractivity contribution in [2.75, 3.05) is 6.61 Å². The highest BCUT2D eigenvalue weighted by Crippen LogP contribution is 2.27. The lowest BCUT2D eigenvalue weighted by atomic mass is 10.1. The zero-order chi connectivity index (χ0) is 12.1. The molecule has 2 rings (SSSR count). The minimum atomic E-state index is 0.319. The normalized spacial score (nSPS) is 10.6. The molecule has 0 radical (unpaired) electrons. The van der Waals surface area contributed by atoms with Gasteiger partial charge in [0.05, 0.1) is 6.61 Å². The van der Waals surface area contributed by atoms with Gasteiger partial charge >= 0.3 is 0 Å². The summed E-state index contributed by atoms with van der Waals surface area (Å²) in [6, 6.07) is 11.3. The van der Waals surface area contributed by atoms with E-state index in [1.54, 1.807) is 6.07 Å². The smallest absolute Gasteiger partial charge is 0.123 e. The van der Waals surface area contributed by atoms with E-state index in [2.05, 4.69) is 6.92 Å². The van der Waals surface area contributed by atoms with Gasteiger partial charge in [0, 0.05) is 5.39 Å². The van der Waals surface area contributed by atoms with Crippen LogP contribution in [0.1, 0.15) is 26.2 Å². The Bertz CT molecular complexity index is 491. The van der Waals surface area contributed by atoms with E-state index in [-0.39, 0.29) is 0 Å². The van der Waals surface area contributed by atoms with Crippen molar-refractivity contribution < 1.29 is 9.84 Å². The van der Waals surface area contributed by atoms with Crippen LogP contribution < -0.4 is 4.74 Å². The number of hydrogen-bond donors (Lipinski definition) is 1. The first-order chi connectivity index (χ1) is 8.31. The number of unbranched alkanes of at least 4 members (excludes halogenated alkanes) is 2. The number of ether oxygens (including phenoxy) is 1.